The number of carbonyl (C=O) groups excluding carboxylic acids is 1. The van der Waals surface area contributed by atoms with Gasteiger partial charge in [-0.25, -0.2) is 0 Å². The van der Waals surface area contributed by atoms with Crippen LogP contribution in [0.2, 0.25) is 0 Å². The number of rotatable bonds is 13. The Morgan fingerprint density at radius 2 is 1.86 bits per heavy atom. The van der Waals surface area contributed by atoms with Crippen LogP contribution in [-0.2, 0) is 9.53 Å². The van der Waals surface area contributed by atoms with Crippen molar-refractivity contribution in [3.05, 3.63) is 12.2 Å². The maximum absolute atomic E-state index is 10.9. The van der Waals surface area contributed by atoms with Crippen molar-refractivity contribution in [2.45, 2.75) is 45.6 Å². The topological polar surface area (TPSA) is 89.8 Å². The minimum atomic E-state index is -1.29. The minimum absolute atomic E-state index is 0.224. The van der Waals surface area contributed by atoms with Crippen molar-refractivity contribution in [2.75, 3.05) is 33.2 Å². The molecule has 0 bridgehead atoms. The van der Waals surface area contributed by atoms with Gasteiger partial charge in [-0.2, -0.15) is 0 Å². The van der Waals surface area contributed by atoms with Crippen molar-refractivity contribution in [1.82, 2.24) is 0 Å². The summed E-state index contributed by atoms with van der Waals surface area (Å²) in [7, 11) is 0. The van der Waals surface area contributed by atoms with Crippen LogP contribution in [0.25, 0.3) is 0 Å². The number of ether oxygens (including phenoxy) is 1. The van der Waals surface area contributed by atoms with Gasteiger partial charge in [0.2, 0.25) is 0 Å². The summed E-state index contributed by atoms with van der Waals surface area (Å²) in [5.74, 6) is -1.29. The number of aliphatic carboxylic acids is 1. The third-order valence-electron chi connectivity index (χ3n) is 3.73. The number of hydrogen-bond donors (Lipinski definition) is 2. The number of aliphatic hydroxyl groups excluding tert-OH is 2. The molecule has 6 nitrogen and oxygen atoms in total. The van der Waals surface area contributed by atoms with E-state index in [1.807, 2.05) is 0 Å². The molecular formula is C15H29NO5. The van der Waals surface area contributed by atoms with Gasteiger partial charge in [-0.15, -0.1) is 0 Å². The summed E-state index contributed by atoms with van der Waals surface area (Å²) >= 11 is 0. The molecule has 0 radical (unpaired) electrons. The van der Waals surface area contributed by atoms with Crippen molar-refractivity contribution in [1.29, 1.82) is 0 Å². The Balaban J connectivity index is 4.00. The van der Waals surface area contributed by atoms with Crippen LogP contribution in [0.1, 0.15) is 39.5 Å². The largest absolute Gasteiger partial charge is 0.544 e. The fourth-order valence-corrected chi connectivity index (χ4v) is 1.91. The van der Waals surface area contributed by atoms with E-state index in [0.29, 0.717) is 6.61 Å². The molecular weight excluding hydrogens is 274 g/mol. The highest BCUT2D eigenvalue weighted by molar-refractivity contribution is 5.69. The number of hydrogen-bond acceptors (Lipinski definition) is 5. The van der Waals surface area contributed by atoms with Gasteiger partial charge >= 0.3 is 0 Å². The van der Waals surface area contributed by atoms with Gasteiger partial charge in [0, 0.05) is 0 Å². The van der Waals surface area contributed by atoms with E-state index < -0.39 is 25.5 Å². The Morgan fingerprint density at radius 3 is 2.38 bits per heavy atom. The number of nitrogens with zero attached hydrogens (tertiary/aromatic N) is 1. The molecule has 21 heavy (non-hydrogen) atoms. The summed E-state index contributed by atoms with van der Waals surface area (Å²) in [6.45, 7) is 3.68. The van der Waals surface area contributed by atoms with Gasteiger partial charge in [-0.1, -0.05) is 31.9 Å². The first-order valence-corrected chi connectivity index (χ1v) is 7.55. The van der Waals surface area contributed by atoms with Crippen molar-refractivity contribution in [3.8, 4) is 0 Å². The van der Waals surface area contributed by atoms with Crippen LogP contribution in [0.4, 0.5) is 0 Å². The fourth-order valence-electron chi connectivity index (χ4n) is 1.91. The molecule has 0 aromatic carbocycles. The van der Waals surface area contributed by atoms with Crippen molar-refractivity contribution in [3.63, 3.8) is 0 Å². The van der Waals surface area contributed by atoms with Crippen LogP contribution in [0.15, 0.2) is 12.2 Å². The van der Waals surface area contributed by atoms with E-state index in [4.69, 9.17) is 4.74 Å². The molecule has 0 amide bonds. The highest BCUT2D eigenvalue weighted by Gasteiger charge is 2.33. The zero-order valence-electron chi connectivity index (χ0n) is 13.2. The molecule has 0 aromatic heterocycles. The first-order chi connectivity index (χ1) is 10.0. The second-order valence-corrected chi connectivity index (χ2v) is 5.23. The quantitative estimate of drug-likeness (QED) is 0.216. The normalized spacial score (nSPS) is 13.7. The molecule has 0 saturated carbocycles. The van der Waals surface area contributed by atoms with Crippen molar-refractivity contribution >= 4 is 5.97 Å². The lowest BCUT2D eigenvalue weighted by molar-refractivity contribution is -0.975. The average molecular weight is 303 g/mol. The molecule has 0 spiro atoms. The minimum Gasteiger partial charge on any atom is -0.544 e. The molecule has 124 valence electrons. The Labute approximate surface area is 127 Å². The lowest BCUT2D eigenvalue weighted by atomic mass is 10.2. The van der Waals surface area contributed by atoms with Gasteiger partial charge in [-0.3, -0.25) is 4.48 Å². The van der Waals surface area contributed by atoms with Gasteiger partial charge in [-0.05, 0) is 19.8 Å². The van der Waals surface area contributed by atoms with E-state index in [-0.39, 0.29) is 17.6 Å². The summed E-state index contributed by atoms with van der Waals surface area (Å²) in [6, 6.07) is -0.988. The van der Waals surface area contributed by atoms with E-state index in [9.17, 15) is 20.1 Å². The zero-order valence-corrected chi connectivity index (χ0v) is 13.2. The lowest BCUT2D eigenvalue weighted by Gasteiger charge is -2.40. The SMILES string of the molecule is CCCC/C=C/CCOCC[N+](CO)(CO)C(C)C(=O)[O-]. The molecule has 1 atom stereocenters. The highest BCUT2D eigenvalue weighted by Crippen LogP contribution is 2.11. The van der Waals surface area contributed by atoms with Crippen LogP contribution in [-0.4, -0.2) is 59.9 Å². The second-order valence-electron chi connectivity index (χ2n) is 5.23. The maximum atomic E-state index is 10.9. The van der Waals surface area contributed by atoms with E-state index in [1.54, 1.807) is 0 Å². The van der Waals surface area contributed by atoms with Gasteiger partial charge in [0.1, 0.15) is 12.6 Å². The molecule has 0 heterocycles. The van der Waals surface area contributed by atoms with Crippen LogP contribution >= 0.6 is 0 Å². The Kier molecular flexibility index (Phi) is 11.2. The zero-order chi connectivity index (χ0) is 16.1. The number of unbranched alkanes of at least 4 members (excludes halogenated alkanes) is 2. The molecule has 0 saturated heterocycles. The second kappa shape index (κ2) is 11.7. The summed E-state index contributed by atoms with van der Waals surface area (Å²) in [4.78, 5) is 10.9. The predicted octanol–water partition coefficient (Wildman–Crippen LogP) is -0.00570. The van der Waals surface area contributed by atoms with E-state index in [0.717, 1.165) is 12.8 Å². The number of carboxylic acid groups (broad SMARTS) is 1. The first kappa shape index (κ1) is 20.1. The van der Waals surface area contributed by atoms with E-state index in [1.165, 1.54) is 19.8 Å². The average Bonchev–Trinajstić information content (AvgIpc) is 2.49. The highest BCUT2D eigenvalue weighted by atomic mass is 16.5. The Bertz CT molecular complexity index is 302. The molecule has 0 aliphatic carbocycles. The number of carbonyl (C=O) groups is 1. The van der Waals surface area contributed by atoms with Crippen molar-refractivity contribution in [2.24, 2.45) is 0 Å². The Hall–Kier alpha value is -0.950. The van der Waals surface area contributed by atoms with Gasteiger partial charge in [0.05, 0.1) is 19.2 Å². The predicted molar refractivity (Wildman–Crippen MR) is 77.9 cm³/mol. The van der Waals surface area contributed by atoms with Crippen LogP contribution in [0, 0.1) is 0 Å². The van der Waals surface area contributed by atoms with Gasteiger partial charge < -0.3 is 24.9 Å². The molecule has 0 aliphatic heterocycles. The van der Waals surface area contributed by atoms with Gasteiger partial charge in [0.15, 0.2) is 13.5 Å². The number of carboxylic acids is 1. The summed E-state index contributed by atoms with van der Waals surface area (Å²) < 4.78 is 5.06. The third kappa shape index (κ3) is 7.57. The molecule has 6 heteroatoms. The monoisotopic (exact) mass is 303 g/mol. The molecule has 0 aromatic rings. The van der Waals surface area contributed by atoms with Crippen LogP contribution in [0.3, 0.4) is 0 Å². The van der Waals surface area contributed by atoms with Crippen LogP contribution < -0.4 is 5.11 Å². The number of allylic oxidation sites excluding steroid dienone is 1. The maximum Gasteiger partial charge on any atom is 0.182 e. The first-order valence-electron chi connectivity index (χ1n) is 7.55. The van der Waals surface area contributed by atoms with Gasteiger partial charge in [0.25, 0.3) is 0 Å². The molecule has 0 rings (SSSR count). The fraction of sp³-hybridized carbons (Fsp3) is 0.800. The lowest BCUT2D eigenvalue weighted by Crippen LogP contribution is -2.62. The summed E-state index contributed by atoms with van der Waals surface area (Å²) in [5.41, 5.74) is 0. The van der Waals surface area contributed by atoms with E-state index >= 15 is 0 Å². The summed E-state index contributed by atoms with van der Waals surface area (Å²) in [5, 5.41) is 29.7. The third-order valence-corrected chi connectivity index (χ3v) is 3.73. The number of aliphatic hydroxyl groups is 2. The standard InChI is InChI=1S/C15H29NO5/c1-3-4-5-6-7-8-10-21-11-9-16(12-17,13-18)14(2)15(19)20/h6-7,14,17-18H,3-5,8-13H2,1-2H3/b7-6+. The molecule has 1 unspecified atom stereocenters. The summed E-state index contributed by atoms with van der Waals surface area (Å²) in [6.07, 6.45) is 8.45. The van der Waals surface area contributed by atoms with E-state index in [2.05, 4.69) is 19.1 Å². The smallest absolute Gasteiger partial charge is 0.182 e. The Morgan fingerprint density at radius 1 is 1.24 bits per heavy atom. The van der Waals surface area contributed by atoms with Crippen molar-refractivity contribution < 1.29 is 29.3 Å². The molecule has 0 fully saturated rings. The number of quaternary nitrogens is 1. The molecule has 0 aliphatic rings. The van der Waals surface area contributed by atoms with Crippen LogP contribution in [0.5, 0.6) is 0 Å². The molecule has 2 N–H and O–H groups in total.